The summed E-state index contributed by atoms with van der Waals surface area (Å²) in [7, 11) is -4.69. The first-order valence-electron chi connectivity index (χ1n) is 4.90. The number of halogens is 4. The Bertz CT molecular complexity index is 496. The van der Waals surface area contributed by atoms with Gasteiger partial charge < -0.3 is 0 Å². The Morgan fingerprint density at radius 2 is 1.18 bits per heavy atom. The van der Waals surface area contributed by atoms with Gasteiger partial charge >= 0.3 is 8.74 Å². The Morgan fingerprint density at radius 1 is 0.765 bits per heavy atom. The van der Waals surface area contributed by atoms with E-state index in [-0.39, 0.29) is 10.4 Å². The van der Waals surface area contributed by atoms with Crippen molar-refractivity contribution in [3.8, 4) is 0 Å². The van der Waals surface area contributed by atoms with Crippen molar-refractivity contribution in [2.24, 2.45) is 0 Å². The van der Waals surface area contributed by atoms with Crippen molar-refractivity contribution in [1.82, 2.24) is 0 Å². The molecule has 0 aliphatic rings. The van der Waals surface area contributed by atoms with Gasteiger partial charge in [-0.2, -0.15) is 0 Å². The molecule has 0 saturated carbocycles. The minimum atomic E-state index is -4.69. The Labute approximate surface area is 109 Å². The molecule has 17 heavy (non-hydrogen) atoms. The molecule has 0 aliphatic carbocycles. The third-order valence-electron chi connectivity index (χ3n) is 2.37. The van der Waals surface area contributed by atoms with Gasteiger partial charge in [0.1, 0.15) is 0 Å². The van der Waals surface area contributed by atoms with Crippen LogP contribution in [0.15, 0.2) is 48.5 Å². The van der Waals surface area contributed by atoms with Crippen LogP contribution in [0.25, 0.3) is 0 Å². The van der Waals surface area contributed by atoms with Crippen molar-refractivity contribution in [3.05, 3.63) is 58.6 Å². The molecule has 0 radical (unpaired) electrons. The summed E-state index contributed by atoms with van der Waals surface area (Å²) in [6, 6.07) is 11.6. The van der Waals surface area contributed by atoms with Gasteiger partial charge in [0.25, 0.3) is 0 Å². The van der Waals surface area contributed by atoms with E-state index in [0.29, 0.717) is 10.0 Å². The van der Waals surface area contributed by atoms with Crippen molar-refractivity contribution in [3.63, 3.8) is 0 Å². The monoisotopic (exact) mass is 288 g/mol. The van der Waals surface area contributed by atoms with Gasteiger partial charge in [-0.25, -0.2) is 0 Å². The molecule has 0 heterocycles. The summed E-state index contributed by atoms with van der Waals surface area (Å²) in [6.45, 7) is 0. The zero-order chi connectivity index (χ0) is 12.5. The lowest BCUT2D eigenvalue weighted by Gasteiger charge is -2.14. The highest BCUT2D eigenvalue weighted by Crippen LogP contribution is 2.14. The van der Waals surface area contributed by atoms with Crippen LogP contribution >= 0.6 is 23.2 Å². The predicted octanol–water partition coefficient (Wildman–Crippen LogP) is 3.49. The molecule has 0 amide bonds. The zero-order valence-corrected chi connectivity index (χ0v) is 11.1. The molecular weight excluding hydrogens is 281 g/mol. The first-order chi connectivity index (χ1) is 8.00. The molecular formula is C12H8Cl2F2Si. The molecule has 0 bridgehead atoms. The molecule has 2 aromatic carbocycles. The first-order valence-corrected chi connectivity index (χ1v) is 7.41. The second kappa shape index (κ2) is 4.76. The van der Waals surface area contributed by atoms with E-state index in [1.54, 1.807) is 12.1 Å². The van der Waals surface area contributed by atoms with Gasteiger partial charge in [-0.3, -0.25) is 8.22 Å². The van der Waals surface area contributed by atoms with Crippen molar-refractivity contribution in [2.45, 2.75) is 0 Å². The average Bonchev–Trinajstić information content (AvgIpc) is 2.29. The second-order valence-electron chi connectivity index (χ2n) is 3.60. The SMILES string of the molecule is F[Si](F)(c1cccc(Cl)c1)c1cccc(Cl)c1. The minimum absolute atomic E-state index is 0.00716. The zero-order valence-electron chi connectivity index (χ0n) is 8.63. The van der Waals surface area contributed by atoms with Gasteiger partial charge in [-0.1, -0.05) is 47.5 Å². The van der Waals surface area contributed by atoms with Crippen molar-refractivity contribution in [2.75, 3.05) is 0 Å². The van der Waals surface area contributed by atoms with Crippen LogP contribution in [0.1, 0.15) is 0 Å². The van der Waals surface area contributed by atoms with Gasteiger partial charge in [0.2, 0.25) is 0 Å². The largest absolute Gasteiger partial charge is 0.487 e. The van der Waals surface area contributed by atoms with Crippen LogP contribution in [0.5, 0.6) is 0 Å². The summed E-state index contributed by atoms with van der Waals surface area (Å²) < 4.78 is 28.5. The standard InChI is InChI=1S/C12H8Cl2F2Si/c13-9-3-1-5-11(7-9)17(15,16)12-6-2-4-10(14)8-12/h1-8H. The molecule has 0 N–H and O–H groups in total. The second-order valence-corrected chi connectivity index (χ2v) is 6.77. The first kappa shape index (κ1) is 12.6. The maximum atomic E-state index is 14.3. The fraction of sp³-hybridized carbons (Fsp3) is 0. The van der Waals surface area contributed by atoms with E-state index in [0.717, 1.165) is 0 Å². The van der Waals surface area contributed by atoms with Crippen LogP contribution in [0.2, 0.25) is 10.0 Å². The molecule has 2 aromatic rings. The van der Waals surface area contributed by atoms with E-state index in [1.165, 1.54) is 36.4 Å². The van der Waals surface area contributed by atoms with Crippen LogP contribution in [0.4, 0.5) is 8.22 Å². The van der Waals surface area contributed by atoms with Gasteiger partial charge in [0.15, 0.2) is 0 Å². The Kier molecular flexibility index (Phi) is 3.52. The molecule has 5 heteroatoms. The van der Waals surface area contributed by atoms with Crippen molar-refractivity contribution in [1.29, 1.82) is 0 Å². The highest BCUT2D eigenvalue weighted by atomic mass is 35.5. The fourth-order valence-corrected chi connectivity index (χ4v) is 3.72. The Hall–Kier alpha value is -0.903. The summed E-state index contributed by atoms with van der Waals surface area (Å²) >= 11 is 11.5. The number of hydrogen-bond acceptors (Lipinski definition) is 0. The number of rotatable bonds is 2. The third-order valence-corrected chi connectivity index (χ3v) is 4.92. The van der Waals surface area contributed by atoms with E-state index >= 15 is 0 Å². The summed E-state index contributed by atoms with van der Waals surface area (Å²) in [4.78, 5) is 0. The number of benzene rings is 2. The van der Waals surface area contributed by atoms with E-state index in [2.05, 4.69) is 0 Å². The summed E-state index contributed by atoms with van der Waals surface area (Å²) in [5.74, 6) is 0. The lowest BCUT2D eigenvalue weighted by molar-refractivity contribution is 0.654. The maximum absolute atomic E-state index is 14.3. The van der Waals surface area contributed by atoms with E-state index in [4.69, 9.17) is 23.2 Å². The fourth-order valence-electron chi connectivity index (χ4n) is 1.53. The van der Waals surface area contributed by atoms with Gasteiger partial charge in [0, 0.05) is 20.4 Å². The summed E-state index contributed by atoms with van der Waals surface area (Å²) in [5, 5.41) is 0.618. The van der Waals surface area contributed by atoms with Gasteiger partial charge in [-0.15, -0.1) is 0 Å². The molecule has 0 aromatic heterocycles. The lowest BCUT2D eigenvalue weighted by Crippen LogP contribution is -2.50. The van der Waals surface area contributed by atoms with Gasteiger partial charge in [0.05, 0.1) is 0 Å². The summed E-state index contributed by atoms with van der Waals surface area (Å²) in [5.41, 5.74) is 0. The van der Waals surface area contributed by atoms with E-state index in [1.807, 2.05) is 0 Å². The highest BCUT2D eigenvalue weighted by Gasteiger charge is 2.40. The van der Waals surface area contributed by atoms with Crippen LogP contribution in [0.3, 0.4) is 0 Å². The summed E-state index contributed by atoms with van der Waals surface area (Å²) in [6.07, 6.45) is 0. The van der Waals surface area contributed by atoms with Gasteiger partial charge in [-0.05, 0) is 24.3 Å². The Morgan fingerprint density at radius 3 is 1.53 bits per heavy atom. The quantitative estimate of drug-likeness (QED) is 0.586. The van der Waals surface area contributed by atoms with Crippen molar-refractivity contribution < 1.29 is 8.22 Å². The van der Waals surface area contributed by atoms with Crippen LogP contribution in [0, 0.1) is 0 Å². The van der Waals surface area contributed by atoms with Crippen LogP contribution in [-0.2, 0) is 0 Å². The average molecular weight is 289 g/mol. The molecule has 2 rings (SSSR count). The van der Waals surface area contributed by atoms with Crippen LogP contribution < -0.4 is 10.4 Å². The molecule has 0 unspecified atom stereocenters. The molecule has 0 nitrogen and oxygen atoms in total. The normalized spacial score (nSPS) is 11.5. The number of hydrogen-bond donors (Lipinski definition) is 0. The Balaban J connectivity index is 2.49. The van der Waals surface area contributed by atoms with Crippen molar-refractivity contribution >= 4 is 42.3 Å². The topological polar surface area (TPSA) is 0 Å². The molecule has 0 aliphatic heterocycles. The smallest absolute Gasteiger partial charge is 0.259 e. The minimum Gasteiger partial charge on any atom is -0.259 e. The third kappa shape index (κ3) is 2.68. The predicted molar refractivity (Wildman–Crippen MR) is 70.1 cm³/mol. The molecule has 88 valence electrons. The maximum Gasteiger partial charge on any atom is 0.487 e. The molecule has 0 spiro atoms. The highest BCUT2D eigenvalue weighted by molar-refractivity contribution is 6.91. The lowest BCUT2D eigenvalue weighted by atomic mass is 10.4. The van der Waals surface area contributed by atoms with E-state index < -0.39 is 8.74 Å². The van der Waals surface area contributed by atoms with Crippen LogP contribution in [-0.4, -0.2) is 8.74 Å². The molecule has 0 saturated heterocycles. The van der Waals surface area contributed by atoms with E-state index in [9.17, 15) is 8.22 Å². The molecule has 0 fully saturated rings. The molecule has 0 atom stereocenters.